The number of aryl methyl sites for hydroxylation is 2. The van der Waals surface area contributed by atoms with Gasteiger partial charge in [0.15, 0.2) is 0 Å². The molecule has 2 heterocycles. The van der Waals surface area contributed by atoms with Crippen molar-refractivity contribution < 1.29 is 0 Å². The Morgan fingerprint density at radius 1 is 1.17 bits per heavy atom. The van der Waals surface area contributed by atoms with Crippen molar-refractivity contribution >= 4 is 5.95 Å². The Bertz CT molecular complexity index is 372. The summed E-state index contributed by atoms with van der Waals surface area (Å²) in [6.45, 7) is 6.31. The summed E-state index contributed by atoms with van der Waals surface area (Å²) in [5, 5.41) is 15.3. The van der Waals surface area contributed by atoms with Crippen LogP contribution in [0, 0.1) is 0 Å². The second-order valence-electron chi connectivity index (χ2n) is 4.78. The minimum Gasteiger partial charge on any atom is -0.349 e. The Morgan fingerprint density at radius 2 is 2.00 bits per heavy atom. The van der Waals surface area contributed by atoms with E-state index in [0.29, 0.717) is 12.0 Å². The van der Waals surface area contributed by atoms with E-state index >= 15 is 0 Å². The number of aromatic nitrogens is 3. The number of anilines is 1. The van der Waals surface area contributed by atoms with Gasteiger partial charge >= 0.3 is 0 Å². The molecule has 18 heavy (non-hydrogen) atoms. The third-order valence-corrected chi connectivity index (χ3v) is 3.39. The van der Waals surface area contributed by atoms with Gasteiger partial charge in [-0.3, -0.25) is 0 Å². The molecule has 5 nitrogen and oxygen atoms in total. The summed E-state index contributed by atoms with van der Waals surface area (Å²) in [6.07, 6.45) is 5.50. The molecule has 0 amide bonds. The summed E-state index contributed by atoms with van der Waals surface area (Å²) in [5.41, 5.74) is 2.08. The van der Waals surface area contributed by atoms with Crippen molar-refractivity contribution in [2.75, 3.05) is 18.4 Å². The normalized spacial score (nSPS) is 20.4. The first-order valence-electron chi connectivity index (χ1n) is 7.03. The number of hydrogen-bond acceptors (Lipinski definition) is 5. The molecule has 2 rings (SSSR count). The van der Waals surface area contributed by atoms with Gasteiger partial charge in [0.05, 0.1) is 11.4 Å². The average molecular weight is 249 g/mol. The van der Waals surface area contributed by atoms with Crippen molar-refractivity contribution in [1.82, 2.24) is 20.5 Å². The molecular weight excluding hydrogens is 226 g/mol. The Hall–Kier alpha value is -1.23. The van der Waals surface area contributed by atoms with Crippen LogP contribution in [0.2, 0.25) is 0 Å². The zero-order valence-corrected chi connectivity index (χ0v) is 11.4. The Morgan fingerprint density at radius 3 is 2.78 bits per heavy atom. The molecule has 0 radical (unpaired) electrons. The molecule has 1 fully saturated rings. The van der Waals surface area contributed by atoms with E-state index < -0.39 is 0 Å². The number of nitrogens with one attached hydrogen (secondary N) is 2. The van der Waals surface area contributed by atoms with Crippen LogP contribution in [0.3, 0.4) is 0 Å². The maximum Gasteiger partial charge on any atom is 0.243 e. The highest BCUT2D eigenvalue weighted by molar-refractivity contribution is 5.27. The quantitative estimate of drug-likeness (QED) is 0.847. The SMILES string of the molecule is CCc1nnc(NC2CCCCNC2)nc1CC. The lowest BCUT2D eigenvalue weighted by Gasteiger charge is -2.16. The van der Waals surface area contributed by atoms with Crippen LogP contribution < -0.4 is 10.6 Å². The van der Waals surface area contributed by atoms with E-state index in [4.69, 9.17) is 0 Å². The highest BCUT2D eigenvalue weighted by Crippen LogP contribution is 2.11. The van der Waals surface area contributed by atoms with Crippen LogP contribution in [0.1, 0.15) is 44.5 Å². The van der Waals surface area contributed by atoms with Crippen LogP contribution in [0.5, 0.6) is 0 Å². The molecule has 0 aromatic carbocycles. The van der Waals surface area contributed by atoms with Crippen molar-refractivity contribution in [1.29, 1.82) is 0 Å². The van der Waals surface area contributed by atoms with Crippen LogP contribution in [-0.4, -0.2) is 34.3 Å². The minimum absolute atomic E-state index is 0.423. The summed E-state index contributed by atoms with van der Waals surface area (Å²) >= 11 is 0. The Kier molecular flexibility index (Phi) is 4.87. The summed E-state index contributed by atoms with van der Waals surface area (Å²) < 4.78 is 0. The second kappa shape index (κ2) is 6.64. The topological polar surface area (TPSA) is 62.7 Å². The summed E-state index contributed by atoms with van der Waals surface area (Å²) in [7, 11) is 0. The van der Waals surface area contributed by atoms with Crippen LogP contribution in [-0.2, 0) is 12.8 Å². The van der Waals surface area contributed by atoms with Crippen LogP contribution >= 0.6 is 0 Å². The first-order valence-corrected chi connectivity index (χ1v) is 7.03. The zero-order chi connectivity index (χ0) is 12.8. The highest BCUT2D eigenvalue weighted by Gasteiger charge is 2.14. The molecule has 1 aliphatic heterocycles. The number of nitrogens with zero attached hydrogens (tertiary/aromatic N) is 3. The fourth-order valence-corrected chi connectivity index (χ4v) is 2.32. The molecule has 0 spiro atoms. The summed E-state index contributed by atoms with van der Waals surface area (Å²) in [4.78, 5) is 4.57. The van der Waals surface area contributed by atoms with Crippen molar-refractivity contribution in [3.8, 4) is 0 Å². The molecule has 100 valence electrons. The summed E-state index contributed by atoms with van der Waals surface area (Å²) in [5.74, 6) is 0.678. The molecule has 1 atom stereocenters. The predicted molar refractivity (Wildman–Crippen MR) is 72.7 cm³/mol. The molecule has 1 saturated heterocycles. The van der Waals surface area contributed by atoms with Gasteiger partial charge in [-0.2, -0.15) is 5.10 Å². The van der Waals surface area contributed by atoms with Crippen molar-refractivity contribution in [3.05, 3.63) is 11.4 Å². The first-order chi connectivity index (χ1) is 8.83. The standard InChI is InChI=1S/C13H23N5/c1-3-11-12(4-2)17-18-13(16-11)15-10-7-5-6-8-14-9-10/h10,14H,3-9H2,1-2H3,(H,15,16,18). The molecular formula is C13H23N5. The monoisotopic (exact) mass is 249 g/mol. The molecule has 2 N–H and O–H groups in total. The van der Waals surface area contributed by atoms with E-state index in [2.05, 4.69) is 39.7 Å². The molecule has 1 aromatic rings. The lowest BCUT2D eigenvalue weighted by Crippen LogP contribution is -2.31. The van der Waals surface area contributed by atoms with Gasteiger partial charge in [0.2, 0.25) is 5.95 Å². The molecule has 1 aliphatic rings. The van der Waals surface area contributed by atoms with Gasteiger partial charge in [-0.25, -0.2) is 4.98 Å². The predicted octanol–water partition coefficient (Wildman–Crippen LogP) is 1.55. The van der Waals surface area contributed by atoms with Crippen LogP contribution in [0.4, 0.5) is 5.95 Å². The number of rotatable bonds is 4. The van der Waals surface area contributed by atoms with Gasteiger partial charge in [0, 0.05) is 12.6 Å². The van der Waals surface area contributed by atoms with Crippen molar-refractivity contribution in [3.63, 3.8) is 0 Å². The van der Waals surface area contributed by atoms with E-state index in [1.807, 2.05) is 0 Å². The Labute approximate surface area is 109 Å². The van der Waals surface area contributed by atoms with Gasteiger partial charge in [0.1, 0.15) is 0 Å². The third kappa shape index (κ3) is 3.38. The fourth-order valence-electron chi connectivity index (χ4n) is 2.32. The van der Waals surface area contributed by atoms with Crippen molar-refractivity contribution in [2.24, 2.45) is 0 Å². The van der Waals surface area contributed by atoms with E-state index in [1.54, 1.807) is 0 Å². The van der Waals surface area contributed by atoms with Gasteiger partial charge in [0.25, 0.3) is 0 Å². The first kappa shape index (κ1) is 13.2. The lowest BCUT2D eigenvalue weighted by molar-refractivity contribution is 0.626. The molecule has 1 unspecified atom stereocenters. The molecule has 0 bridgehead atoms. The number of hydrogen-bond donors (Lipinski definition) is 2. The smallest absolute Gasteiger partial charge is 0.243 e. The van der Waals surface area contributed by atoms with Gasteiger partial charge < -0.3 is 10.6 Å². The van der Waals surface area contributed by atoms with E-state index in [-0.39, 0.29) is 0 Å². The Balaban J connectivity index is 2.03. The second-order valence-corrected chi connectivity index (χ2v) is 4.78. The molecule has 0 saturated carbocycles. The van der Waals surface area contributed by atoms with Gasteiger partial charge in [-0.1, -0.05) is 20.3 Å². The van der Waals surface area contributed by atoms with E-state index in [0.717, 1.165) is 37.3 Å². The molecule has 1 aromatic heterocycles. The van der Waals surface area contributed by atoms with Gasteiger partial charge in [-0.15, -0.1) is 5.10 Å². The zero-order valence-electron chi connectivity index (χ0n) is 11.4. The summed E-state index contributed by atoms with van der Waals surface area (Å²) in [6, 6.07) is 0.423. The fraction of sp³-hybridized carbons (Fsp3) is 0.769. The maximum atomic E-state index is 4.57. The van der Waals surface area contributed by atoms with Crippen LogP contribution in [0.15, 0.2) is 0 Å². The van der Waals surface area contributed by atoms with E-state index in [1.165, 1.54) is 19.3 Å². The van der Waals surface area contributed by atoms with Crippen LogP contribution in [0.25, 0.3) is 0 Å². The highest BCUT2D eigenvalue weighted by atomic mass is 15.3. The minimum atomic E-state index is 0.423. The lowest BCUT2D eigenvalue weighted by atomic mass is 10.1. The molecule has 0 aliphatic carbocycles. The van der Waals surface area contributed by atoms with E-state index in [9.17, 15) is 0 Å². The maximum absolute atomic E-state index is 4.57. The third-order valence-electron chi connectivity index (χ3n) is 3.39. The average Bonchev–Trinajstić information content (AvgIpc) is 2.67. The largest absolute Gasteiger partial charge is 0.349 e. The van der Waals surface area contributed by atoms with Crippen molar-refractivity contribution in [2.45, 2.75) is 52.0 Å². The molecule has 5 heteroatoms. The van der Waals surface area contributed by atoms with Gasteiger partial charge in [-0.05, 0) is 32.2 Å².